The average Bonchev–Trinajstić information content (AvgIpc) is 3.18. The number of thiophene rings is 1. The van der Waals surface area contributed by atoms with Crippen LogP contribution in [0.1, 0.15) is 40.6 Å². The summed E-state index contributed by atoms with van der Waals surface area (Å²) >= 11 is 7.35. The standard InChI is InChI=1S/C25H25ClN2O4S/c1-2-31-20-9-5-4-8-19(20)27-24(30)23-18-7-3-6-10-21(18)33-25(23)28-22(29)15-32-17-13-11-16(26)12-14-17/h4-5,8-9,11-14H,2-3,6-7,10,15H2,1H3,(H,27,30)(H,28,29). The van der Waals surface area contributed by atoms with Crippen LogP contribution in [0, 0.1) is 0 Å². The van der Waals surface area contributed by atoms with Crippen LogP contribution in [-0.4, -0.2) is 25.0 Å². The predicted octanol–water partition coefficient (Wildman–Crippen LogP) is 5.95. The molecule has 0 aliphatic heterocycles. The van der Waals surface area contributed by atoms with Crippen molar-refractivity contribution in [3.63, 3.8) is 0 Å². The van der Waals surface area contributed by atoms with Crippen LogP contribution in [0.4, 0.5) is 10.7 Å². The lowest BCUT2D eigenvalue weighted by molar-refractivity contribution is -0.118. The van der Waals surface area contributed by atoms with E-state index in [1.165, 1.54) is 11.3 Å². The topological polar surface area (TPSA) is 76.7 Å². The van der Waals surface area contributed by atoms with Gasteiger partial charge in [0.25, 0.3) is 11.8 Å². The molecule has 1 aromatic heterocycles. The van der Waals surface area contributed by atoms with Gasteiger partial charge < -0.3 is 20.1 Å². The maximum Gasteiger partial charge on any atom is 0.262 e. The summed E-state index contributed by atoms with van der Waals surface area (Å²) < 4.78 is 11.2. The van der Waals surface area contributed by atoms with E-state index in [2.05, 4.69) is 10.6 Å². The molecule has 2 amide bonds. The highest BCUT2D eigenvalue weighted by atomic mass is 35.5. The average molecular weight is 485 g/mol. The fourth-order valence-electron chi connectivity index (χ4n) is 3.77. The van der Waals surface area contributed by atoms with E-state index in [4.69, 9.17) is 21.1 Å². The summed E-state index contributed by atoms with van der Waals surface area (Å²) in [5.41, 5.74) is 2.15. The molecule has 2 N–H and O–H groups in total. The monoisotopic (exact) mass is 484 g/mol. The third kappa shape index (κ3) is 5.67. The highest BCUT2D eigenvalue weighted by Gasteiger charge is 2.27. The number of hydrogen-bond donors (Lipinski definition) is 2. The van der Waals surface area contributed by atoms with Crippen molar-refractivity contribution in [2.45, 2.75) is 32.6 Å². The van der Waals surface area contributed by atoms with Crippen molar-refractivity contribution in [2.75, 3.05) is 23.8 Å². The van der Waals surface area contributed by atoms with Crippen LogP contribution in [0.5, 0.6) is 11.5 Å². The first-order valence-corrected chi connectivity index (χ1v) is 12.1. The smallest absolute Gasteiger partial charge is 0.262 e. The quantitative estimate of drug-likeness (QED) is 0.414. The molecule has 0 bridgehead atoms. The summed E-state index contributed by atoms with van der Waals surface area (Å²) in [5.74, 6) is 0.577. The zero-order valence-corrected chi connectivity index (χ0v) is 19.9. The van der Waals surface area contributed by atoms with Gasteiger partial charge in [-0.2, -0.15) is 0 Å². The minimum absolute atomic E-state index is 0.168. The van der Waals surface area contributed by atoms with Crippen LogP contribution in [-0.2, 0) is 17.6 Å². The number of fused-ring (bicyclic) bond motifs is 1. The summed E-state index contributed by atoms with van der Waals surface area (Å²) in [5, 5.41) is 7.01. The van der Waals surface area contributed by atoms with Crippen LogP contribution in [0.15, 0.2) is 48.5 Å². The Balaban J connectivity index is 1.52. The molecule has 0 saturated carbocycles. The van der Waals surface area contributed by atoms with Gasteiger partial charge >= 0.3 is 0 Å². The lowest BCUT2D eigenvalue weighted by atomic mass is 9.95. The largest absolute Gasteiger partial charge is 0.492 e. The fourth-order valence-corrected chi connectivity index (χ4v) is 5.20. The van der Waals surface area contributed by atoms with Gasteiger partial charge in [0.2, 0.25) is 0 Å². The Labute approximate surface area is 201 Å². The Hall–Kier alpha value is -3.03. The summed E-state index contributed by atoms with van der Waals surface area (Å²) in [6, 6.07) is 14.1. The van der Waals surface area contributed by atoms with Crippen molar-refractivity contribution >= 4 is 45.4 Å². The van der Waals surface area contributed by atoms with E-state index in [0.717, 1.165) is 36.1 Å². The van der Waals surface area contributed by atoms with Gasteiger partial charge in [-0.15, -0.1) is 11.3 Å². The molecular formula is C25H25ClN2O4S. The van der Waals surface area contributed by atoms with Crippen LogP contribution in [0.3, 0.4) is 0 Å². The first-order chi connectivity index (χ1) is 16.0. The molecule has 0 unspecified atom stereocenters. The van der Waals surface area contributed by atoms with E-state index >= 15 is 0 Å². The first-order valence-electron chi connectivity index (χ1n) is 10.9. The second-order valence-electron chi connectivity index (χ2n) is 7.59. The van der Waals surface area contributed by atoms with E-state index < -0.39 is 0 Å². The lowest BCUT2D eigenvalue weighted by Crippen LogP contribution is -2.22. The molecule has 2 aromatic carbocycles. The van der Waals surface area contributed by atoms with Crippen molar-refractivity contribution in [1.82, 2.24) is 0 Å². The number of rotatable bonds is 8. The molecule has 0 spiro atoms. The maximum absolute atomic E-state index is 13.4. The van der Waals surface area contributed by atoms with Gasteiger partial charge in [-0.1, -0.05) is 23.7 Å². The van der Waals surface area contributed by atoms with E-state index in [9.17, 15) is 9.59 Å². The minimum atomic E-state index is -0.327. The molecule has 1 aliphatic rings. The minimum Gasteiger partial charge on any atom is -0.492 e. The van der Waals surface area contributed by atoms with Gasteiger partial charge in [-0.3, -0.25) is 9.59 Å². The summed E-state index contributed by atoms with van der Waals surface area (Å²) in [6.07, 6.45) is 3.83. The predicted molar refractivity (Wildman–Crippen MR) is 132 cm³/mol. The fraction of sp³-hybridized carbons (Fsp3) is 0.280. The molecule has 3 aromatic rings. The molecule has 0 fully saturated rings. The normalized spacial score (nSPS) is 12.5. The van der Waals surface area contributed by atoms with E-state index in [1.807, 2.05) is 25.1 Å². The number of anilines is 2. The molecule has 0 radical (unpaired) electrons. The number of para-hydroxylation sites is 2. The van der Waals surface area contributed by atoms with Gasteiger partial charge in [0.1, 0.15) is 16.5 Å². The van der Waals surface area contributed by atoms with Crippen molar-refractivity contribution < 1.29 is 19.1 Å². The van der Waals surface area contributed by atoms with Crippen molar-refractivity contribution in [1.29, 1.82) is 0 Å². The van der Waals surface area contributed by atoms with Crippen LogP contribution in [0.2, 0.25) is 5.02 Å². The van der Waals surface area contributed by atoms with Crippen molar-refractivity contribution in [2.24, 2.45) is 0 Å². The van der Waals surface area contributed by atoms with Crippen LogP contribution in [0.25, 0.3) is 0 Å². The maximum atomic E-state index is 13.4. The number of benzene rings is 2. The Morgan fingerprint density at radius 2 is 1.76 bits per heavy atom. The highest BCUT2D eigenvalue weighted by molar-refractivity contribution is 7.17. The first kappa shape index (κ1) is 23.1. The third-order valence-electron chi connectivity index (χ3n) is 5.27. The van der Waals surface area contributed by atoms with Gasteiger partial charge in [0, 0.05) is 9.90 Å². The van der Waals surface area contributed by atoms with Gasteiger partial charge in [-0.05, 0) is 74.6 Å². The highest BCUT2D eigenvalue weighted by Crippen LogP contribution is 2.39. The van der Waals surface area contributed by atoms with Crippen LogP contribution >= 0.6 is 22.9 Å². The Bertz CT molecular complexity index is 1140. The summed E-state index contributed by atoms with van der Waals surface area (Å²) in [6.45, 7) is 2.22. The van der Waals surface area contributed by atoms with Crippen LogP contribution < -0.4 is 20.1 Å². The van der Waals surface area contributed by atoms with Gasteiger partial charge in [0.15, 0.2) is 6.61 Å². The number of amides is 2. The van der Waals surface area contributed by atoms with Gasteiger partial charge in [0.05, 0.1) is 17.9 Å². The number of carbonyl (C=O) groups excluding carboxylic acids is 2. The second kappa shape index (κ2) is 10.7. The molecule has 33 heavy (non-hydrogen) atoms. The summed E-state index contributed by atoms with van der Waals surface area (Å²) in [7, 11) is 0. The molecule has 1 heterocycles. The van der Waals surface area contributed by atoms with E-state index in [1.54, 1.807) is 30.3 Å². The Morgan fingerprint density at radius 3 is 2.55 bits per heavy atom. The summed E-state index contributed by atoms with van der Waals surface area (Å²) in [4.78, 5) is 27.1. The molecule has 172 valence electrons. The van der Waals surface area contributed by atoms with Crippen molar-refractivity contribution in [3.05, 3.63) is 69.6 Å². The number of halogens is 1. The van der Waals surface area contributed by atoms with E-state index in [-0.39, 0.29) is 18.4 Å². The Morgan fingerprint density at radius 1 is 1.00 bits per heavy atom. The molecule has 0 atom stereocenters. The number of ether oxygens (including phenoxy) is 2. The lowest BCUT2D eigenvalue weighted by Gasteiger charge is -2.15. The van der Waals surface area contributed by atoms with E-state index in [0.29, 0.717) is 39.4 Å². The molecule has 1 aliphatic carbocycles. The number of nitrogens with one attached hydrogen (secondary N) is 2. The molecule has 0 saturated heterocycles. The number of carbonyl (C=O) groups is 2. The zero-order chi connectivity index (χ0) is 23.2. The molecule has 8 heteroatoms. The number of aryl methyl sites for hydroxylation is 1. The zero-order valence-electron chi connectivity index (χ0n) is 18.3. The van der Waals surface area contributed by atoms with Gasteiger partial charge in [-0.25, -0.2) is 0 Å². The molecule has 6 nitrogen and oxygen atoms in total. The second-order valence-corrected chi connectivity index (χ2v) is 9.13. The number of hydrogen-bond acceptors (Lipinski definition) is 5. The third-order valence-corrected chi connectivity index (χ3v) is 6.73. The van der Waals surface area contributed by atoms with Crippen molar-refractivity contribution in [3.8, 4) is 11.5 Å². The SMILES string of the molecule is CCOc1ccccc1NC(=O)c1c(NC(=O)COc2ccc(Cl)cc2)sc2c1CCCC2. The molecular weight excluding hydrogens is 460 g/mol. The Kier molecular flexibility index (Phi) is 7.52. The molecule has 4 rings (SSSR count).